The van der Waals surface area contributed by atoms with Crippen LogP contribution >= 0.6 is 11.8 Å². The normalized spacial score (nSPS) is 21.1. The van der Waals surface area contributed by atoms with Gasteiger partial charge < -0.3 is 5.32 Å². The fourth-order valence-electron chi connectivity index (χ4n) is 2.67. The highest BCUT2D eigenvalue weighted by molar-refractivity contribution is 8.02. The van der Waals surface area contributed by atoms with Gasteiger partial charge in [0.25, 0.3) is 0 Å². The van der Waals surface area contributed by atoms with Gasteiger partial charge in [-0.1, -0.05) is 26.0 Å². The van der Waals surface area contributed by atoms with Crippen molar-refractivity contribution >= 4 is 35.2 Å². The molecule has 1 aliphatic heterocycles. The highest BCUT2D eigenvalue weighted by Crippen LogP contribution is 2.31. The lowest BCUT2D eigenvalue weighted by molar-refractivity contribution is -0.147. The number of aryl methyl sites for hydroxylation is 2. The van der Waals surface area contributed by atoms with E-state index in [0.29, 0.717) is 18.5 Å². The quantitative estimate of drug-likeness (QED) is 0.831. The summed E-state index contributed by atoms with van der Waals surface area (Å²) in [7, 11) is 0. The van der Waals surface area contributed by atoms with Crippen LogP contribution in [-0.4, -0.2) is 39.7 Å². The van der Waals surface area contributed by atoms with Crippen LogP contribution in [-0.2, 0) is 14.4 Å². The average Bonchev–Trinajstić information content (AvgIpc) is 2.55. The minimum atomic E-state index is -0.345. The predicted molar refractivity (Wildman–Crippen MR) is 97.0 cm³/mol. The molecule has 130 valence electrons. The minimum Gasteiger partial charge on any atom is -0.324 e. The Hall–Kier alpha value is -1.82. The van der Waals surface area contributed by atoms with Crippen molar-refractivity contribution in [2.45, 2.75) is 51.0 Å². The number of carbonyl (C=O) groups excluding carboxylic acids is 3. The number of nitrogens with one attached hydrogen (secondary N) is 1. The van der Waals surface area contributed by atoms with Gasteiger partial charge >= 0.3 is 0 Å². The first-order valence-electron chi connectivity index (χ1n) is 8.25. The first-order chi connectivity index (χ1) is 11.4. The van der Waals surface area contributed by atoms with Gasteiger partial charge in [-0.05, 0) is 43.9 Å². The maximum atomic E-state index is 12.4. The predicted octanol–water partition coefficient (Wildman–Crippen LogP) is 2.90. The third-order valence-electron chi connectivity index (χ3n) is 4.12. The standard InChI is InChI=1S/C18H24N2O3S/c1-5-14-17(22)20(18(23)15(6-2)24-14)10-16(21)19-13-9-11(3)7-8-12(13)4/h7-9,14-15H,5-6,10H2,1-4H3,(H,19,21)/t14-,15-/m1/s1. The highest BCUT2D eigenvalue weighted by atomic mass is 32.2. The zero-order valence-electron chi connectivity index (χ0n) is 14.6. The van der Waals surface area contributed by atoms with E-state index in [-0.39, 0.29) is 34.8 Å². The molecule has 0 unspecified atom stereocenters. The van der Waals surface area contributed by atoms with Crippen molar-refractivity contribution in [2.24, 2.45) is 0 Å². The molecular formula is C18H24N2O3S. The molecule has 1 saturated heterocycles. The van der Waals surface area contributed by atoms with Gasteiger partial charge in [0.1, 0.15) is 6.54 Å². The first kappa shape index (κ1) is 18.5. The summed E-state index contributed by atoms with van der Waals surface area (Å²) in [6.07, 6.45) is 1.31. The molecule has 0 radical (unpaired) electrons. The van der Waals surface area contributed by atoms with Crippen LogP contribution in [0.25, 0.3) is 0 Å². The lowest BCUT2D eigenvalue weighted by Gasteiger charge is -2.34. The third-order valence-corrected chi connectivity index (χ3v) is 5.85. The van der Waals surface area contributed by atoms with E-state index in [0.717, 1.165) is 16.0 Å². The lowest BCUT2D eigenvalue weighted by Crippen LogP contribution is -2.53. The van der Waals surface area contributed by atoms with Crippen LogP contribution in [0.3, 0.4) is 0 Å². The molecule has 0 spiro atoms. The fraction of sp³-hybridized carbons (Fsp3) is 0.500. The van der Waals surface area contributed by atoms with Gasteiger partial charge in [-0.2, -0.15) is 0 Å². The molecule has 1 fully saturated rings. The van der Waals surface area contributed by atoms with Crippen LogP contribution in [0.2, 0.25) is 0 Å². The second-order valence-corrected chi connectivity index (χ2v) is 7.47. The Morgan fingerprint density at radius 1 is 1.12 bits per heavy atom. The van der Waals surface area contributed by atoms with Crippen molar-refractivity contribution < 1.29 is 14.4 Å². The molecule has 1 aromatic rings. The van der Waals surface area contributed by atoms with E-state index in [1.807, 2.05) is 45.9 Å². The maximum absolute atomic E-state index is 12.4. The van der Waals surface area contributed by atoms with Crippen molar-refractivity contribution in [2.75, 3.05) is 11.9 Å². The summed E-state index contributed by atoms with van der Waals surface area (Å²) in [6, 6.07) is 5.78. The zero-order valence-corrected chi connectivity index (χ0v) is 15.4. The Bertz CT molecular complexity index is 638. The summed E-state index contributed by atoms with van der Waals surface area (Å²) < 4.78 is 0. The summed E-state index contributed by atoms with van der Waals surface area (Å²) in [4.78, 5) is 38.4. The van der Waals surface area contributed by atoms with Crippen LogP contribution in [0.15, 0.2) is 18.2 Å². The summed E-state index contributed by atoms with van der Waals surface area (Å²) in [6.45, 7) is 7.47. The smallest absolute Gasteiger partial charge is 0.244 e. The lowest BCUT2D eigenvalue weighted by atomic mass is 10.1. The van der Waals surface area contributed by atoms with Crippen molar-refractivity contribution in [1.29, 1.82) is 0 Å². The monoisotopic (exact) mass is 348 g/mol. The van der Waals surface area contributed by atoms with E-state index < -0.39 is 0 Å². The van der Waals surface area contributed by atoms with Gasteiger partial charge in [-0.3, -0.25) is 19.3 Å². The Balaban J connectivity index is 2.12. The van der Waals surface area contributed by atoms with Gasteiger partial charge in [-0.25, -0.2) is 0 Å². The van der Waals surface area contributed by atoms with Crippen molar-refractivity contribution in [1.82, 2.24) is 4.90 Å². The Morgan fingerprint density at radius 3 is 2.25 bits per heavy atom. The zero-order chi connectivity index (χ0) is 17.9. The van der Waals surface area contributed by atoms with Crippen LogP contribution in [0, 0.1) is 13.8 Å². The SMILES string of the molecule is CC[C@H]1S[C@H](CC)C(=O)N(CC(=O)Nc2cc(C)ccc2C)C1=O. The Labute approximate surface area is 147 Å². The third kappa shape index (κ3) is 3.98. The molecule has 1 heterocycles. The van der Waals surface area contributed by atoms with E-state index in [9.17, 15) is 14.4 Å². The van der Waals surface area contributed by atoms with E-state index in [1.165, 1.54) is 11.8 Å². The number of hydrogen-bond donors (Lipinski definition) is 1. The molecule has 0 aliphatic carbocycles. The number of amides is 3. The molecule has 24 heavy (non-hydrogen) atoms. The van der Waals surface area contributed by atoms with Crippen molar-refractivity contribution in [3.05, 3.63) is 29.3 Å². The number of thioether (sulfide) groups is 1. The van der Waals surface area contributed by atoms with Gasteiger partial charge in [0.15, 0.2) is 0 Å². The molecule has 3 amide bonds. The molecule has 1 aromatic carbocycles. The van der Waals surface area contributed by atoms with E-state index >= 15 is 0 Å². The molecular weight excluding hydrogens is 324 g/mol. The molecule has 0 saturated carbocycles. The Kier molecular flexibility index (Phi) is 6.04. The molecule has 0 bridgehead atoms. The Morgan fingerprint density at radius 2 is 1.71 bits per heavy atom. The molecule has 2 atom stereocenters. The van der Waals surface area contributed by atoms with E-state index in [4.69, 9.17) is 0 Å². The number of benzene rings is 1. The fourth-order valence-corrected chi connectivity index (χ4v) is 3.94. The molecule has 2 rings (SSSR count). The molecule has 6 heteroatoms. The second kappa shape index (κ2) is 7.83. The first-order valence-corrected chi connectivity index (χ1v) is 9.19. The highest BCUT2D eigenvalue weighted by Gasteiger charge is 2.40. The van der Waals surface area contributed by atoms with Crippen LogP contribution in [0.5, 0.6) is 0 Å². The molecule has 5 nitrogen and oxygen atoms in total. The van der Waals surface area contributed by atoms with Gasteiger partial charge in [-0.15, -0.1) is 11.8 Å². The number of nitrogens with zero attached hydrogens (tertiary/aromatic N) is 1. The number of anilines is 1. The summed E-state index contributed by atoms with van der Waals surface area (Å²) >= 11 is 1.41. The number of hydrogen-bond acceptors (Lipinski definition) is 4. The van der Waals surface area contributed by atoms with Gasteiger partial charge in [0, 0.05) is 5.69 Å². The maximum Gasteiger partial charge on any atom is 0.244 e. The second-order valence-electron chi connectivity index (χ2n) is 6.06. The van der Waals surface area contributed by atoms with Crippen molar-refractivity contribution in [3.8, 4) is 0 Å². The van der Waals surface area contributed by atoms with Crippen LogP contribution < -0.4 is 5.32 Å². The number of rotatable bonds is 5. The van der Waals surface area contributed by atoms with E-state index in [2.05, 4.69) is 5.32 Å². The molecule has 1 aliphatic rings. The largest absolute Gasteiger partial charge is 0.324 e. The van der Waals surface area contributed by atoms with Crippen LogP contribution in [0.1, 0.15) is 37.8 Å². The number of imide groups is 1. The summed E-state index contributed by atoms with van der Waals surface area (Å²) in [5.41, 5.74) is 2.69. The minimum absolute atomic E-state index is 0.224. The van der Waals surface area contributed by atoms with Gasteiger partial charge in [0.2, 0.25) is 17.7 Å². The summed E-state index contributed by atoms with van der Waals surface area (Å²) in [5, 5.41) is 2.32. The van der Waals surface area contributed by atoms with Crippen LogP contribution in [0.4, 0.5) is 5.69 Å². The topological polar surface area (TPSA) is 66.5 Å². The molecule has 0 aromatic heterocycles. The van der Waals surface area contributed by atoms with E-state index in [1.54, 1.807) is 0 Å². The van der Waals surface area contributed by atoms with Crippen molar-refractivity contribution in [3.63, 3.8) is 0 Å². The average molecular weight is 348 g/mol. The van der Waals surface area contributed by atoms with Gasteiger partial charge in [0.05, 0.1) is 10.5 Å². The molecule has 1 N–H and O–H groups in total. The summed E-state index contributed by atoms with van der Waals surface area (Å²) in [5.74, 6) is -0.858. The number of carbonyl (C=O) groups is 3.